The number of benzene rings is 9. The molecule has 2 aliphatic heterocycles. The molecule has 0 radical (unpaired) electrons. The van der Waals surface area contributed by atoms with Gasteiger partial charge in [-0.1, -0.05) is 135 Å². The van der Waals surface area contributed by atoms with Crippen LogP contribution in [0.25, 0.3) is 66.1 Å². The second kappa shape index (κ2) is 12.2. The highest BCUT2D eigenvalue weighted by Gasteiger charge is 2.46. The third kappa shape index (κ3) is 4.42. The lowest BCUT2D eigenvalue weighted by Gasteiger charge is -2.44. The molecule has 0 amide bonds. The molecular formula is C57H37BN2O2. The molecule has 9 aromatic carbocycles. The summed E-state index contributed by atoms with van der Waals surface area (Å²) >= 11 is 0. The minimum atomic E-state index is -0.292. The van der Waals surface area contributed by atoms with Crippen LogP contribution in [0.1, 0.15) is 25.0 Å². The number of hydrogen-bond donors (Lipinski definition) is 0. The van der Waals surface area contributed by atoms with E-state index >= 15 is 0 Å². The van der Waals surface area contributed by atoms with Gasteiger partial charge in [-0.15, -0.1) is 0 Å². The maximum atomic E-state index is 7.07. The molecule has 0 N–H and O–H groups in total. The van der Waals surface area contributed by atoms with E-state index < -0.39 is 0 Å². The van der Waals surface area contributed by atoms with Crippen LogP contribution in [0.4, 0.5) is 34.1 Å². The van der Waals surface area contributed by atoms with Crippen LogP contribution in [-0.4, -0.2) is 6.71 Å². The molecule has 62 heavy (non-hydrogen) atoms. The molecule has 3 aliphatic rings. The summed E-state index contributed by atoms with van der Waals surface area (Å²) in [5, 5.41) is 4.53. The first kappa shape index (κ1) is 34.0. The summed E-state index contributed by atoms with van der Waals surface area (Å²) in [6, 6.07) is 68.6. The molecule has 0 spiro atoms. The van der Waals surface area contributed by atoms with E-state index in [1.807, 2.05) is 12.1 Å². The lowest BCUT2D eigenvalue weighted by atomic mass is 9.33. The number of hydrogen-bond acceptors (Lipinski definition) is 4. The molecule has 0 unspecified atom stereocenters. The number of nitrogens with zero attached hydrogens (tertiary/aromatic N) is 2. The van der Waals surface area contributed by atoms with Crippen LogP contribution in [0.5, 0.6) is 0 Å². The summed E-state index contributed by atoms with van der Waals surface area (Å²) in [7, 11) is 0. The summed E-state index contributed by atoms with van der Waals surface area (Å²) < 4.78 is 13.3. The Bertz CT molecular complexity index is 3720. The topological polar surface area (TPSA) is 32.8 Å². The van der Waals surface area contributed by atoms with Crippen LogP contribution in [-0.2, 0) is 5.41 Å². The Kier molecular flexibility index (Phi) is 6.68. The number of para-hydroxylation sites is 4. The second-order valence-corrected chi connectivity index (χ2v) is 17.6. The Labute approximate surface area is 359 Å². The number of furan rings is 2. The summed E-state index contributed by atoms with van der Waals surface area (Å²) in [5.74, 6) is 0. The van der Waals surface area contributed by atoms with E-state index in [0.29, 0.717) is 0 Å². The molecule has 290 valence electrons. The molecule has 5 heteroatoms. The fourth-order valence-electron chi connectivity index (χ4n) is 11.4. The van der Waals surface area contributed by atoms with Crippen LogP contribution in [0.15, 0.2) is 197 Å². The van der Waals surface area contributed by atoms with Crippen LogP contribution < -0.4 is 26.2 Å². The highest BCUT2D eigenvalue weighted by atomic mass is 16.3. The smallest absolute Gasteiger partial charge is 0.252 e. The zero-order valence-electron chi connectivity index (χ0n) is 34.2. The number of anilines is 6. The van der Waals surface area contributed by atoms with Crippen molar-refractivity contribution in [2.45, 2.75) is 19.3 Å². The summed E-state index contributed by atoms with van der Waals surface area (Å²) in [4.78, 5) is 5.03. The van der Waals surface area contributed by atoms with Crippen molar-refractivity contribution in [3.8, 4) is 22.3 Å². The molecule has 2 aromatic heterocycles. The van der Waals surface area contributed by atoms with Gasteiger partial charge in [0, 0.05) is 55.4 Å². The minimum Gasteiger partial charge on any atom is -0.456 e. The van der Waals surface area contributed by atoms with Crippen molar-refractivity contribution in [2.24, 2.45) is 0 Å². The quantitative estimate of drug-likeness (QED) is 0.167. The maximum absolute atomic E-state index is 7.07. The van der Waals surface area contributed by atoms with Crippen molar-refractivity contribution in [2.75, 3.05) is 9.80 Å². The molecule has 0 bridgehead atoms. The molecule has 0 fully saturated rings. The van der Waals surface area contributed by atoms with Gasteiger partial charge in [0.1, 0.15) is 16.7 Å². The maximum Gasteiger partial charge on any atom is 0.252 e. The van der Waals surface area contributed by atoms with Crippen molar-refractivity contribution < 1.29 is 8.83 Å². The Hall–Kier alpha value is -7.76. The third-order valence-electron chi connectivity index (χ3n) is 14.0. The zero-order chi connectivity index (χ0) is 40.8. The van der Waals surface area contributed by atoms with Gasteiger partial charge in [-0.3, -0.25) is 0 Å². The van der Waals surface area contributed by atoms with E-state index in [0.717, 1.165) is 66.4 Å². The average molecular weight is 793 g/mol. The van der Waals surface area contributed by atoms with E-state index in [2.05, 4.69) is 200 Å². The van der Waals surface area contributed by atoms with Crippen molar-refractivity contribution in [1.29, 1.82) is 0 Å². The Morgan fingerprint density at radius 1 is 0.435 bits per heavy atom. The molecule has 1 aliphatic carbocycles. The largest absolute Gasteiger partial charge is 0.456 e. The summed E-state index contributed by atoms with van der Waals surface area (Å²) in [5.41, 5.74) is 21.6. The van der Waals surface area contributed by atoms with Gasteiger partial charge in [0.15, 0.2) is 5.58 Å². The Morgan fingerprint density at radius 2 is 1.03 bits per heavy atom. The fourth-order valence-corrected chi connectivity index (χ4v) is 11.4. The first-order chi connectivity index (χ1) is 30.5. The normalized spacial score (nSPS) is 14.3. The Balaban J connectivity index is 1.03. The van der Waals surface area contributed by atoms with Crippen LogP contribution in [0.2, 0.25) is 0 Å². The van der Waals surface area contributed by atoms with Crippen LogP contribution in [0, 0.1) is 0 Å². The molecule has 0 saturated heterocycles. The van der Waals surface area contributed by atoms with E-state index in [1.165, 1.54) is 61.4 Å². The standard InChI is InChI=1S/C57H37BN2O2/c1-57(2)43-20-6-3-17-37(43)41-33-42-39-19-5-12-28-51(39)62-56(42)55(53(41)57)60-47-24-10-8-22-45(47)58-44-21-7-9-23-46(44)59(48-25-14-26-49(60)54(48)58)36-16-13-15-34(31-36)35-29-30-52-40(32-35)38-18-4-11-27-50(38)61-52/h3-33H,1-2H3. The number of fused-ring (bicyclic) bond motifs is 13. The monoisotopic (exact) mass is 792 g/mol. The minimum absolute atomic E-state index is 0.0224. The molecule has 14 rings (SSSR count). The van der Waals surface area contributed by atoms with Crippen molar-refractivity contribution >= 4 is 101 Å². The van der Waals surface area contributed by atoms with E-state index in [4.69, 9.17) is 8.83 Å². The zero-order valence-corrected chi connectivity index (χ0v) is 34.2. The van der Waals surface area contributed by atoms with Gasteiger partial charge in [0.25, 0.3) is 6.71 Å². The predicted molar refractivity (Wildman–Crippen MR) is 258 cm³/mol. The van der Waals surface area contributed by atoms with E-state index in [9.17, 15) is 0 Å². The lowest BCUT2D eigenvalue weighted by molar-refractivity contribution is 0.648. The Morgan fingerprint density at radius 3 is 1.84 bits per heavy atom. The van der Waals surface area contributed by atoms with Gasteiger partial charge in [-0.2, -0.15) is 0 Å². The number of rotatable bonds is 3. The van der Waals surface area contributed by atoms with Crippen molar-refractivity contribution in [1.82, 2.24) is 0 Å². The summed E-state index contributed by atoms with van der Waals surface area (Å²) in [6.45, 7) is 4.79. The predicted octanol–water partition coefficient (Wildman–Crippen LogP) is 13.5. The highest BCUT2D eigenvalue weighted by Crippen LogP contribution is 2.58. The third-order valence-corrected chi connectivity index (χ3v) is 14.0. The van der Waals surface area contributed by atoms with Gasteiger partial charge in [-0.05, 0) is 116 Å². The van der Waals surface area contributed by atoms with Crippen LogP contribution >= 0.6 is 0 Å². The SMILES string of the molecule is CC1(C)c2ccccc2-c2cc3c(oc4ccccc43)c(N3c4ccccc4B4c5ccccc5N(c5cccc(-c6ccc7oc8ccccc8c7c6)c5)c5cccc3c54)c21. The highest BCUT2D eigenvalue weighted by molar-refractivity contribution is 7.00. The molecule has 0 saturated carbocycles. The first-order valence-electron chi connectivity index (χ1n) is 21.5. The first-order valence-corrected chi connectivity index (χ1v) is 21.5. The second-order valence-electron chi connectivity index (χ2n) is 17.6. The van der Waals surface area contributed by atoms with Gasteiger partial charge in [-0.25, -0.2) is 0 Å². The van der Waals surface area contributed by atoms with Gasteiger partial charge in [0.05, 0.1) is 5.69 Å². The molecule has 4 nitrogen and oxygen atoms in total. The molecule has 0 atom stereocenters. The lowest BCUT2D eigenvalue weighted by Crippen LogP contribution is -2.61. The van der Waals surface area contributed by atoms with Crippen molar-refractivity contribution in [3.63, 3.8) is 0 Å². The van der Waals surface area contributed by atoms with Crippen LogP contribution in [0.3, 0.4) is 0 Å². The summed E-state index contributed by atoms with van der Waals surface area (Å²) in [6.07, 6.45) is 0. The molecule has 4 heterocycles. The van der Waals surface area contributed by atoms with Gasteiger partial charge < -0.3 is 18.6 Å². The van der Waals surface area contributed by atoms with E-state index in [-0.39, 0.29) is 12.1 Å². The fraction of sp³-hybridized carbons (Fsp3) is 0.0526. The van der Waals surface area contributed by atoms with Gasteiger partial charge in [0.2, 0.25) is 0 Å². The molecular weight excluding hydrogens is 755 g/mol. The van der Waals surface area contributed by atoms with Gasteiger partial charge >= 0.3 is 0 Å². The van der Waals surface area contributed by atoms with Crippen molar-refractivity contribution in [3.05, 3.63) is 199 Å². The molecule has 11 aromatic rings. The average Bonchev–Trinajstić information content (AvgIpc) is 3.96. The van der Waals surface area contributed by atoms with E-state index in [1.54, 1.807) is 0 Å².